The molecule has 1 N–H and O–H groups in total. The summed E-state index contributed by atoms with van der Waals surface area (Å²) < 4.78 is 19.1. The minimum absolute atomic E-state index is 0.0320. The number of para-hydroxylation sites is 2. The molecule has 72 heavy (non-hydrogen) atoms. The fourth-order valence-corrected chi connectivity index (χ4v) is 9.34. The van der Waals surface area contributed by atoms with E-state index in [-0.39, 0.29) is 23.9 Å². The number of benzene rings is 4. The number of likely N-dealkylation sites (N-methyl/N-ethyl adjacent to an activating group) is 4. The zero-order chi connectivity index (χ0) is 51.9. The van der Waals surface area contributed by atoms with Crippen LogP contribution < -0.4 is 9.47 Å². The number of amides is 2. The highest BCUT2D eigenvalue weighted by Gasteiger charge is 2.27. The lowest BCUT2D eigenvalue weighted by Gasteiger charge is -2.27. The Morgan fingerprint density at radius 2 is 1.14 bits per heavy atom. The number of nitrogens with zero attached hydrogens (tertiary/aromatic N) is 9. The van der Waals surface area contributed by atoms with E-state index >= 15 is 0 Å². The number of aromatic amines is 1. The number of hydrogen-bond acceptors (Lipinski definition) is 11. The van der Waals surface area contributed by atoms with Crippen LogP contribution in [0.4, 0.5) is 0 Å². The van der Waals surface area contributed by atoms with Gasteiger partial charge in [-0.15, -0.1) is 0 Å². The number of carbonyl (C=O) groups is 2. The van der Waals surface area contributed by atoms with Crippen molar-refractivity contribution in [3.8, 4) is 56.3 Å². The molecular weight excluding hydrogens is 921 g/mol. The molecule has 0 aliphatic carbocycles. The normalized spacial score (nSPS) is 12.4. The summed E-state index contributed by atoms with van der Waals surface area (Å²) >= 11 is 0. The number of nitrogens with one attached hydrogen (secondary N) is 1. The van der Waals surface area contributed by atoms with Gasteiger partial charge in [-0.3, -0.25) is 24.5 Å². The second-order valence-corrected chi connectivity index (χ2v) is 25.5. The number of rotatable bonds is 17. The van der Waals surface area contributed by atoms with Crippen molar-refractivity contribution in [3.63, 3.8) is 0 Å². The van der Waals surface area contributed by atoms with Gasteiger partial charge in [0.1, 0.15) is 36.0 Å². The average Bonchev–Trinajstić information content (AvgIpc) is 3.96. The Bertz CT molecular complexity index is 3160. The van der Waals surface area contributed by atoms with Crippen LogP contribution in [-0.4, -0.2) is 147 Å². The van der Waals surface area contributed by atoms with Crippen molar-refractivity contribution in [3.05, 3.63) is 133 Å². The summed E-state index contributed by atoms with van der Waals surface area (Å²) in [4.78, 5) is 42.3. The Labute approximate surface area is 424 Å². The standard InChI is InChI=1S/C31H41N5O3Si.C25H27N5O2/c1-34(2)29(31(37)35(3)4)23-13-11-12-22(18-23)24-19-26-28(25-14-9-10-15-27(25)38-5)33-36(30(26)32-20-24)21-39-16-17-40(6,7)8;1-29(2)23(25(31)30(3)4)17-10-8-9-16(13-17)18-14-20-22(27-28-24(20)26-15-18)19-11-6-7-12-21(19)32-5/h9-15,18-20,29H,16-17,21H2,1-8H3;6-15,23H,1-5H3,(H,26,27,28). The van der Waals surface area contributed by atoms with E-state index in [9.17, 15) is 9.59 Å². The lowest BCUT2D eigenvalue weighted by molar-refractivity contribution is -0.134. The fourth-order valence-electron chi connectivity index (χ4n) is 8.58. The Kier molecular flexibility index (Phi) is 16.7. The molecule has 0 aliphatic heterocycles. The van der Waals surface area contributed by atoms with Crippen LogP contribution in [-0.2, 0) is 21.1 Å². The van der Waals surface area contributed by atoms with Crippen LogP contribution in [0.5, 0.6) is 11.5 Å². The Morgan fingerprint density at radius 3 is 1.67 bits per heavy atom. The molecule has 8 rings (SSSR count). The Balaban J connectivity index is 0.000000216. The number of fused-ring (bicyclic) bond motifs is 2. The molecule has 376 valence electrons. The van der Waals surface area contributed by atoms with Crippen molar-refractivity contribution < 1.29 is 23.8 Å². The van der Waals surface area contributed by atoms with Crippen LogP contribution in [0.25, 0.3) is 66.8 Å². The van der Waals surface area contributed by atoms with Crippen LogP contribution in [0.2, 0.25) is 25.7 Å². The molecule has 16 heteroatoms. The molecule has 0 bridgehead atoms. The maximum absolute atomic E-state index is 13.0. The predicted molar refractivity (Wildman–Crippen MR) is 291 cm³/mol. The van der Waals surface area contributed by atoms with E-state index in [0.717, 1.165) is 89.9 Å². The summed E-state index contributed by atoms with van der Waals surface area (Å²) in [6.07, 6.45) is 3.68. The highest BCUT2D eigenvalue weighted by Crippen LogP contribution is 2.38. The van der Waals surface area contributed by atoms with Gasteiger partial charge in [-0.25, -0.2) is 14.6 Å². The average molecular weight is 989 g/mol. The van der Waals surface area contributed by atoms with E-state index in [2.05, 4.69) is 59.1 Å². The largest absolute Gasteiger partial charge is 0.496 e. The van der Waals surface area contributed by atoms with Gasteiger partial charge in [-0.05, 0) is 105 Å². The molecule has 4 heterocycles. The van der Waals surface area contributed by atoms with E-state index in [1.165, 1.54) is 0 Å². The lowest BCUT2D eigenvalue weighted by Crippen LogP contribution is -2.36. The molecule has 0 aliphatic rings. The maximum atomic E-state index is 13.0. The van der Waals surface area contributed by atoms with Gasteiger partial charge in [-0.1, -0.05) is 80.3 Å². The van der Waals surface area contributed by atoms with E-state index < -0.39 is 8.07 Å². The van der Waals surface area contributed by atoms with Gasteiger partial charge in [0.2, 0.25) is 11.8 Å². The number of carbonyl (C=O) groups excluding carboxylic acids is 2. The zero-order valence-electron chi connectivity index (χ0n) is 43.9. The van der Waals surface area contributed by atoms with Crippen LogP contribution >= 0.6 is 0 Å². The summed E-state index contributed by atoms with van der Waals surface area (Å²) in [6.45, 7) is 8.05. The molecule has 15 nitrogen and oxygen atoms in total. The first kappa shape index (κ1) is 52.6. The minimum Gasteiger partial charge on any atom is -0.496 e. The van der Waals surface area contributed by atoms with Crippen LogP contribution in [0.3, 0.4) is 0 Å². The molecule has 4 aromatic carbocycles. The fraction of sp³-hybridized carbons (Fsp3) is 0.321. The van der Waals surface area contributed by atoms with E-state index in [0.29, 0.717) is 19.0 Å². The van der Waals surface area contributed by atoms with Gasteiger partial charge in [0.05, 0.1) is 19.9 Å². The van der Waals surface area contributed by atoms with Gasteiger partial charge in [0, 0.05) is 88.3 Å². The number of aromatic nitrogens is 6. The first-order valence-electron chi connectivity index (χ1n) is 23.9. The number of H-pyrrole nitrogens is 1. The molecule has 2 atom stereocenters. The third-order valence-electron chi connectivity index (χ3n) is 12.4. The van der Waals surface area contributed by atoms with Crippen LogP contribution in [0, 0.1) is 0 Å². The van der Waals surface area contributed by atoms with Crippen molar-refractivity contribution in [2.75, 3.05) is 77.2 Å². The monoisotopic (exact) mass is 989 g/mol. The second kappa shape index (κ2) is 22.9. The van der Waals surface area contributed by atoms with Crippen LogP contribution in [0.1, 0.15) is 23.2 Å². The van der Waals surface area contributed by atoms with Crippen molar-refractivity contribution in [2.24, 2.45) is 0 Å². The summed E-state index contributed by atoms with van der Waals surface area (Å²) in [5.74, 6) is 1.58. The van der Waals surface area contributed by atoms with Gasteiger partial charge in [-0.2, -0.15) is 10.2 Å². The van der Waals surface area contributed by atoms with Crippen molar-refractivity contribution in [1.29, 1.82) is 0 Å². The zero-order valence-corrected chi connectivity index (χ0v) is 44.9. The number of ether oxygens (including phenoxy) is 3. The molecule has 0 saturated heterocycles. The van der Waals surface area contributed by atoms with Crippen molar-refractivity contribution in [2.45, 2.75) is 44.5 Å². The Morgan fingerprint density at radius 1 is 0.625 bits per heavy atom. The molecule has 0 fully saturated rings. The van der Waals surface area contributed by atoms with Crippen molar-refractivity contribution in [1.82, 2.24) is 49.5 Å². The third kappa shape index (κ3) is 11.9. The molecular formula is C56H68N10O5Si. The summed E-state index contributed by atoms with van der Waals surface area (Å²) in [5.41, 5.74) is 10.6. The SMILES string of the molecule is COc1ccccc1-c1[nH]nc2ncc(-c3cccc(C(C(=O)N(C)C)N(C)C)c3)cc12.COc1ccccc1-c1nn(COCC[Si](C)(C)C)c2ncc(-c3cccc(C(C(=O)N(C)C)N(C)C)c3)cc12. The van der Waals surface area contributed by atoms with Crippen LogP contribution in [0.15, 0.2) is 122 Å². The molecule has 2 amide bonds. The smallest absolute Gasteiger partial charge is 0.243 e. The van der Waals surface area contributed by atoms with Crippen molar-refractivity contribution >= 4 is 42.0 Å². The molecule has 4 aromatic heterocycles. The molecule has 2 unspecified atom stereocenters. The molecule has 8 aromatic rings. The number of hydrogen-bond donors (Lipinski definition) is 1. The Hall–Kier alpha value is -7.24. The van der Waals surface area contributed by atoms with E-state index in [1.807, 2.05) is 140 Å². The molecule has 0 radical (unpaired) electrons. The third-order valence-corrected chi connectivity index (χ3v) is 14.1. The van der Waals surface area contributed by atoms with Gasteiger partial charge in [0.25, 0.3) is 0 Å². The highest BCUT2D eigenvalue weighted by molar-refractivity contribution is 6.76. The predicted octanol–water partition coefficient (Wildman–Crippen LogP) is 9.77. The lowest BCUT2D eigenvalue weighted by atomic mass is 9.98. The minimum atomic E-state index is -1.20. The number of methoxy groups -OCH3 is 2. The van der Waals surface area contributed by atoms with Gasteiger partial charge < -0.3 is 24.0 Å². The quantitative estimate of drug-likeness (QED) is 0.0687. The molecule has 0 spiro atoms. The molecule has 0 saturated carbocycles. The topological polar surface area (TPSA) is 147 Å². The first-order valence-corrected chi connectivity index (χ1v) is 27.6. The maximum Gasteiger partial charge on any atom is 0.243 e. The van der Waals surface area contributed by atoms with Gasteiger partial charge in [0.15, 0.2) is 11.3 Å². The first-order chi connectivity index (χ1) is 34.4. The highest BCUT2D eigenvalue weighted by atomic mass is 28.3. The van der Waals surface area contributed by atoms with Gasteiger partial charge >= 0.3 is 0 Å². The summed E-state index contributed by atoms with van der Waals surface area (Å²) in [5, 5.41) is 14.2. The summed E-state index contributed by atoms with van der Waals surface area (Å²) in [6, 6.07) is 36.4. The number of pyridine rings is 2. The van der Waals surface area contributed by atoms with E-state index in [4.69, 9.17) is 24.3 Å². The van der Waals surface area contributed by atoms with E-state index in [1.54, 1.807) is 52.2 Å². The summed E-state index contributed by atoms with van der Waals surface area (Å²) in [7, 11) is 16.9. The second-order valence-electron chi connectivity index (χ2n) is 19.8.